The van der Waals surface area contributed by atoms with Gasteiger partial charge in [0.15, 0.2) is 0 Å². The molecule has 1 rings (SSSR count). The number of ether oxygens (including phenoxy) is 2. The van der Waals surface area contributed by atoms with Crippen LogP contribution in [-0.2, 0) is 9.47 Å². The van der Waals surface area contributed by atoms with Gasteiger partial charge in [-0.05, 0) is 46.6 Å². The molecule has 5 heteroatoms. The van der Waals surface area contributed by atoms with E-state index in [1.165, 1.54) is 0 Å². The van der Waals surface area contributed by atoms with Gasteiger partial charge in [0, 0.05) is 6.61 Å². The Morgan fingerprint density at radius 2 is 2.24 bits per heavy atom. The predicted molar refractivity (Wildman–Crippen MR) is 65.8 cm³/mol. The number of carbonyl (C=O) groups is 1. The van der Waals surface area contributed by atoms with Gasteiger partial charge in [0.1, 0.15) is 5.60 Å². The Hall–Kier alpha value is -0.810. The second kappa shape index (κ2) is 5.69. The maximum atomic E-state index is 11.8. The molecule has 3 N–H and O–H groups in total. The number of nitrogens with one attached hydrogen (secondary N) is 1. The molecule has 0 aromatic carbocycles. The van der Waals surface area contributed by atoms with Crippen molar-refractivity contribution in [2.24, 2.45) is 5.73 Å². The normalized spacial score (nSPS) is 24.7. The van der Waals surface area contributed by atoms with Crippen molar-refractivity contribution in [2.75, 3.05) is 19.8 Å². The molecule has 0 aromatic heterocycles. The van der Waals surface area contributed by atoms with Crippen LogP contribution in [0.15, 0.2) is 0 Å². The van der Waals surface area contributed by atoms with Gasteiger partial charge in [0.05, 0.1) is 12.1 Å². The lowest BCUT2D eigenvalue weighted by Gasteiger charge is -2.30. The second-order valence-corrected chi connectivity index (χ2v) is 5.60. The third-order valence-corrected chi connectivity index (χ3v) is 2.73. The van der Waals surface area contributed by atoms with E-state index in [1.54, 1.807) is 0 Å². The number of carbonyl (C=O) groups excluding carboxylic acids is 1. The van der Waals surface area contributed by atoms with Crippen LogP contribution in [0.2, 0.25) is 0 Å². The fraction of sp³-hybridized carbons (Fsp3) is 0.917. The van der Waals surface area contributed by atoms with Crippen LogP contribution in [0.4, 0.5) is 4.79 Å². The van der Waals surface area contributed by atoms with E-state index in [0.29, 0.717) is 19.8 Å². The summed E-state index contributed by atoms with van der Waals surface area (Å²) < 4.78 is 10.6. The van der Waals surface area contributed by atoms with Crippen molar-refractivity contribution in [3.05, 3.63) is 0 Å². The molecule has 1 aliphatic heterocycles. The summed E-state index contributed by atoms with van der Waals surface area (Å²) in [4.78, 5) is 11.8. The summed E-state index contributed by atoms with van der Waals surface area (Å²) in [6, 6.07) is 0. The molecular weight excluding hydrogens is 220 g/mol. The molecule has 0 spiro atoms. The minimum Gasteiger partial charge on any atom is -0.444 e. The molecule has 1 unspecified atom stereocenters. The zero-order valence-corrected chi connectivity index (χ0v) is 11.0. The molecule has 0 aliphatic carbocycles. The van der Waals surface area contributed by atoms with Crippen molar-refractivity contribution in [3.8, 4) is 0 Å². The summed E-state index contributed by atoms with van der Waals surface area (Å²) in [5, 5.41) is 2.94. The van der Waals surface area contributed by atoms with Gasteiger partial charge in [-0.2, -0.15) is 0 Å². The molecule has 1 heterocycles. The first-order valence-electron chi connectivity index (χ1n) is 6.16. The Labute approximate surface area is 103 Å². The van der Waals surface area contributed by atoms with Gasteiger partial charge in [-0.25, -0.2) is 4.79 Å². The van der Waals surface area contributed by atoms with Crippen LogP contribution in [0.1, 0.15) is 40.0 Å². The molecule has 0 radical (unpaired) electrons. The molecule has 1 saturated heterocycles. The molecule has 17 heavy (non-hydrogen) atoms. The van der Waals surface area contributed by atoms with Crippen molar-refractivity contribution in [1.29, 1.82) is 0 Å². The van der Waals surface area contributed by atoms with E-state index >= 15 is 0 Å². The molecule has 0 bridgehead atoms. The van der Waals surface area contributed by atoms with Crippen molar-refractivity contribution in [1.82, 2.24) is 5.32 Å². The lowest BCUT2D eigenvalue weighted by Crippen LogP contribution is -2.50. The topological polar surface area (TPSA) is 73.6 Å². The van der Waals surface area contributed by atoms with Gasteiger partial charge >= 0.3 is 6.09 Å². The van der Waals surface area contributed by atoms with Crippen LogP contribution in [0, 0.1) is 0 Å². The van der Waals surface area contributed by atoms with E-state index in [9.17, 15) is 4.79 Å². The summed E-state index contributed by atoms with van der Waals surface area (Å²) in [6.07, 6.45) is 2.16. The standard InChI is InChI=1S/C12H24N2O3/c1-11(2,3)17-10(15)14-12(5-4-7-13)6-8-16-9-12/h4-9,13H2,1-3H3,(H,14,15). The summed E-state index contributed by atoms with van der Waals surface area (Å²) in [5.74, 6) is 0. The van der Waals surface area contributed by atoms with E-state index in [-0.39, 0.29) is 11.6 Å². The van der Waals surface area contributed by atoms with Crippen molar-refractivity contribution in [3.63, 3.8) is 0 Å². The zero-order chi connectivity index (χ0) is 12.9. The van der Waals surface area contributed by atoms with Crippen LogP contribution in [0.25, 0.3) is 0 Å². The molecule has 1 amide bonds. The van der Waals surface area contributed by atoms with E-state index in [1.807, 2.05) is 20.8 Å². The van der Waals surface area contributed by atoms with Gasteiger partial charge in [-0.3, -0.25) is 0 Å². The highest BCUT2D eigenvalue weighted by Gasteiger charge is 2.37. The Morgan fingerprint density at radius 1 is 1.53 bits per heavy atom. The molecule has 1 fully saturated rings. The summed E-state index contributed by atoms with van der Waals surface area (Å²) >= 11 is 0. The number of alkyl carbamates (subject to hydrolysis) is 1. The van der Waals surface area contributed by atoms with Gasteiger partial charge in [0.25, 0.3) is 0 Å². The highest BCUT2D eigenvalue weighted by Crippen LogP contribution is 2.24. The molecule has 1 aliphatic rings. The van der Waals surface area contributed by atoms with E-state index in [2.05, 4.69) is 5.32 Å². The minimum atomic E-state index is -0.474. The minimum absolute atomic E-state index is 0.290. The molecule has 100 valence electrons. The van der Waals surface area contributed by atoms with Gasteiger partial charge in [-0.15, -0.1) is 0 Å². The number of nitrogens with two attached hydrogens (primary N) is 1. The van der Waals surface area contributed by atoms with Crippen LogP contribution >= 0.6 is 0 Å². The monoisotopic (exact) mass is 244 g/mol. The van der Waals surface area contributed by atoms with Crippen molar-refractivity contribution < 1.29 is 14.3 Å². The number of hydrogen-bond acceptors (Lipinski definition) is 4. The Bertz CT molecular complexity index is 255. The fourth-order valence-corrected chi connectivity index (χ4v) is 1.93. The second-order valence-electron chi connectivity index (χ2n) is 5.60. The lowest BCUT2D eigenvalue weighted by atomic mass is 9.93. The van der Waals surface area contributed by atoms with Crippen LogP contribution in [0.5, 0.6) is 0 Å². The first kappa shape index (κ1) is 14.3. The maximum Gasteiger partial charge on any atom is 0.408 e. The highest BCUT2D eigenvalue weighted by molar-refractivity contribution is 5.68. The Morgan fingerprint density at radius 3 is 2.71 bits per heavy atom. The van der Waals surface area contributed by atoms with Crippen LogP contribution in [0.3, 0.4) is 0 Å². The summed E-state index contributed by atoms with van der Waals surface area (Å²) in [7, 11) is 0. The van der Waals surface area contributed by atoms with Gasteiger partial charge in [-0.1, -0.05) is 0 Å². The number of hydrogen-bond donors (Lipinski definition) is 2. The van der Waals surface area contributed by atoms with E-state index in [4.69, 9.17) is 15.2 Å². The predicted octanol–water partition coefficient (Wildman–Crippen LogP) is 1.41. The lowest BCUT2D eigenvalue weighted by molar-refractivity contribution is 0.0432. The largest absolute Gasteiger partial charge is 0.444 e. The highest BCUT2D eigenvalue weighted by atomic mass is 16.6. The average Bonchev–Trinajstić information content (AvgIpc) is 2.60. The molecule has 0 saturated carbocycles. The Balaban J connectivity index is 2.52. The van der Waals surface area contributed by atoms with Crippen molar-refractivity contribution in [2.45, 2.75) is 51.2 Å². The van der Waals surface area contributed by atoms with Gasteiger partial charge in [0.2, 0.25) is 0 Å². The molecular formula is C12H24N2O3. The molecule has 0 aromatic rings. The van der Waals surface area contributed by atoms with E-state index < -0.39 is 5.60 Å². The first-order valence-corrected chi connectivity index (χ1v) is 6.16. The third-order valence-electron chi connectivity index (χ3n) is 2.73. The zero-order valence-electron chi connectivity index (χ0n) is 11.0. The quantitative estimate of drug-likeness (QED) is 0.784. The van der Waals surface area contributed by atoms with Gasteiger partial charge < -0.3 is 20.5 Å². The van der Waals surface area contributed by atoms with Crippen LogP contribution < -0.4 is 11.1 Å². The first-order chi connectivity index (χ1) is 7.87. The smallest absolute Gasteiger partial charge is 0.408 e. The Kier molecular flexibility index (Phi) is 4.77. The van der Waals surface area contributed by atoms with Crippen molar-refractivity contribution >= 4 is 6.09 Å². The van der Waals surface area contributed by atoms with Crippen LogP contribution in [-0.4, -0.2) is 37.0 Å². The fourth-order valence-electron chi connectivity index (χ4n) is 1.93. The van der Waals surface area contributed by atoms with E-state index in [0.717, 1.165) is 19.3 Å². The number of amides is 1. The molecule has 5 nitrogen and oxygen atoms in total. The summed E-state index contributed by atoms with van der Waals surface area (Å²) in [5.41, 5.74) is 4.75. The summed E-state index contributed by atoms with van der Waals surface area (Å²) in [6.45, 7) is 7.41. The third kappa shape index (κ3) is 4.91. The molecule has 1 atom stereocenters. The average molecular weight is 244 g/mol. The number of rotatable bonds is 4. The SMILES string of the molecule is CC(C)(C)OC(=O)NC1(CCCN)CCOC1. The maximum absolute atomic E-state index is 11.8.